The molecule has 1 aromatic heterocycles. The minimum absolute atomic E-state index is 0.157. The first kappa shape index (κ1) is 20.7. The lowest BCUT2D eigenvalue weighted by molar-refractivity contribution is -0.384. The van der Waals surface area contributed by atoms with Gasteiger partial charge in [0.2, 0.25) is 5.13 Å². The molecule has 2 N–H and O–H groups in total. The first-order chi connectivity index (χ1) is 13.0. The molecule has 0 spiro atoms. The topological polar surface area (TPSA) is 119 Å². The molecule has 10 heteroatoms. The van der Waals surface area contributed by atoms with E-state index in [2.05, 4.69) is 27.8 Å². The van der Waals surface area contributed by atoms with Gasteiger partial charge in [-0.25, -0.2) is 0 Å². The summed E-state index contributed by atoms with van der Waals surface area (Å²) in [5.74, 6) is -0.477. The van der Waals surface area contributed by atoms with E-state index in [0.29, 0.717) is 24.0 Å². The van der Waals surface area contributed by atoms with Crippen LogP contribution in [0.2, 0.25) is 0 Å². The van der Waals surface area contributed by atoms with Crippen molar-refractivity contribution in [2.75, 3.05) is 30.9 Å². The minimum Gasteiger partial charge on any atom is -0.383 e. The molecule has 0 bridgehead atoms. The lowest BCUT2D eigenvalue weighted by atomic mass is 10.1. The van der Waals surface area contributed by atoms with Crippen LogP contribution in [0.3, 0.4) is 0 Å². The number of nitrogens with zero attached hydrogens (tertiary/aromatic N) is 3. The van der Waals surface area contributed by atoms with Crippen LogP contribution in [0.5, 0.6) is 0 Å². The molecule has 0 unspecified atom stereocenters. The maximum atomic E-state index is 12.6. The molecule has 1 heterocycles. The molecule has 9 nitrogen and oxygen atoms in total. The van der Waals surface area contributed by atoms with Crippen molar-refractivity contribution in [1.29, 1.82) is 0 Å². The Morgan fingerprint density at radius 3 is 2.85 bits per heavy atom. The summed E-state index contributed by atoms with van der Waals surface area (Å²) in [6.45, 7) is 3.04. The predicted octanol–water partition coefficient (Wildman–Crippen LogP) is 3.49. The number of carbonyl (C=O) groups is 1. The molecule has 1 amide bonds. The molecule has 0 saturated carbocycles. The first-order valence-corrected chi connectivity index (χ1v) is 9.51. The number of nitro benzene ring substituents is 1. The Morgan fingerprint density at radius 2 is 2.15 bits per heavy atom. The van der Waals surface area contributed by atoms with Crippen LogP contribution in [0.25, 0.3) is 0 Å². The van der Waals surface area contributed by atoms with Crippen LogP contribution in [0.4, 0.5) is 16.5 Å². The van der Waals surface area contributed by atoms with Crippen molar-refractivity contribution >= 4 is 33.8 Å². The first-order valence-electron chi connectivity index (χ1n) is 8.70. The van der Waals surface area contributed by atoms with Gasteiger partial charge < -0.3 is 10.1 Å². The van der Waals surface area contributed by atoms with E-state index in [0.717, 1.165) is 30.7 Å². The van der Waals surface area contributed by atoms with Crippen molar-refractivity contribution in [2.45, 2.75) is 32.6 Å². The summed E-state index contributed by atoms with van der Waals surface area (Å²) < 4.78 is 4.98. The average Bonchev–Trinajstić information content (AvgIpc) is 3.09. The Hall–Kier alpha value is -2.59. The number of hydrogen-bond acceptors (Lipinski definition) is 8. The van der Waals surface area contributed by atoms with Gasteiger partial charge in [-0.15, -0.1) is 10.2 Å². The quantitative estimate of drug-likeness (QED) is 0.341. The second-order valence-electron chi connectivity index (χ2n) is 5.82. The maximum absolute atomic E-state index is 12.6. The van der Waals surface area contributed by atoms with Crippen LogP contribution >= 0.6 is 11.3 Å². The predicted molar refractivity (Wildman–Crippen MR) is 105 cm³/mol. The van der Waals surface area contributed by atoms with E-state index in [9.17, 15) is 14.9 Å². The zero-order valence-electron chi connectivity index (χ0n) is 15.4. The van der Waals surface area contributed by atoms with Gasteiger partial charge in [0.15, 0.2) is 0 Å². The number of ether oxygens (including phenoxy) is 1. The molecule has 0 fully saturated rings. The normalized spacial score (nSPS) is 10.6. The van der Waals surface area contributed by atoms with Crippen molar-refractivity contribution in [3.63, 3.8) is 0 Å². The summed E-state index contributed by atoms with van der Waals surface area (Å²) in [4.78, 5) is 23.2. The molecule has 2 rings (SSSR count). The zero-order valence-corrected chi connectivity index (χ0v) is 16.2. The number of anilines is 2. The van der Waals surface area contributed by atoms with Gasteiger partial charge in [0.25, 0.3) is 11.6 Å². The number of nitro groups is 1. The summed E-state index contributed by atoms with van der Waals surface area (Å²) in [5, 5.41) is 26.1. The second-order valence-corrected chi connectivity index (χ2v) is 6.88. The van der Waals surface area contributed by atoms with E-state index in [-0.39, 0.29) is 11.3 Å². The van der Waals surface area contributed by atoms with Crippen LogP contribution in [-0.2, 0) is 11.2 Å². The summed E-state index contributed by atoms with van der Waals surface area (Å²) >= 11 is 1.32. The third-order valence-electron chi connectivity index (χ3n) is 3.76. The number of unbranched alkanes of at least 4 members (excludes halogenated alkanes) is 2. The number of aryl methyl sites for hydroxylation is 1. The Morgan fingerprint density at radius 1 is 1.33 bits per heavy atom. The largest absolute Gasteiger partial charge is 0.383 e. The standard InChI is InChI=1S/C17H23N5O4S/c1-3-4-5-6-15-20-21-17(27-15)19-16(23)13-11-12(22(24)25)7-8-14(13)18-9-10-26-2/h7-8,11,18H,3-6,9-10H2,1-2H3,(H,19,21,23). The highest BCUT2D eigenvalue weighted by molar-refractivity contribution is 7.15. The molecule has 0 atom stereocenters. The van der Waals surface area contributed by atoms with Crippen molar-refractivity contribution in [3.05, 3.63) is 38.9 Å². The van der Waals surface area contributed by atoms with Gasteiger partial charge in [0, 0.05) is 37.9 Å². The number of hydrogen-bond donors (Lipinski definition) is 2. The monoisotopic (exact) mass is 393 g/mol. The van der Waals surface area contributed by atoms with Crippen molar-refractivity contribution < 1.29 is 14.5 Å². The van der Waals surface area contributed by atoms with Crippen molar-refractivity contribution in [1.82, 2.24) is 10.2 Å². The maximum Gasteiger partial charge on any atom is 0.270 e. The number of amides is 1. The van der Waals surface area contributed by atoms with Gasteiger partial charge in [-0.2, -0.15) is 0 Å². The smallest absolute Gasteiger partial charge is 0.270 e. The number of carbonyl (C=O) groups excluding carboxylic acids is 1. The van der Waals surface area contributed by atoms with Crippen LogP contribution in [-0.4, -0.2) is 41.3 Å². The third kappa shape index (κ3) is 6.26. The molecule has 146 valence electrons. The van der Waals surface area contributed by atoms with Crippen LogP contribution in [0, 0.1) is 10.1 Å². The lowest BCUT2D eigenvalue weighted by Gasteiger charge is -2.11. The molecule has 1 aromatic carbocycles. The SMILES string of the molecule is CCCCCc1nnc(NC(=O)c2cc([N+](=O)[O-])ccc2NCCOC)s1. The molecule has 0 aliphatic carbocycles. The molecule has 0 aliphatic rings. The number of nitrogens with one attached hydrogen (secondary N) is 2. The third-order valence-corrected chi connectivity index (χ3v) is 4.66. The number of benzene rings is 1. The summed E-state index contributed by atoms with van der Waals surface area (Å²) in [6.07, 6.45) is 4.08. The average molecular weight is 393 g/mol. The number of methoxy groups -OCH3 is 1. The number of non-ortho nitro benzene ring substituents is 1. The van der Waals surface area contributed by atoms with Crippen molar-refractivity contribution in [2.24, 2.45) is 0 Å². The van der Waals surface area contributed by atoms with E-state index in [4.69, 9.17) is 4.74 Å². The van der Waals surface area contributed by atoms with Gasteiger partial charge in [-0.3, -0.25) is 20.2 Å². The number of rotatable bonds is 11. The Balaban J connectivity index is 2.13. The highest BCUT2D eigenvalue weighted by atomic mass is 32.1. The molecular formula is C17H23N5O4S. The molecule has 0 aliphatic heterocycles. The fraction of sp³-hybridized carbons (Fsp3) is 0.471. The molecule has 27 heavy (non-hydrogen) atoms. The molecular weight excluding hydrogens is 370 g/mol. The summed E-state index contributed by atoms with van der Waals surface area (Å²) in [5.41, 5.74) is 0.501. The van der Waals surface area contributed by atoms with Crippen LogP contribution < -0.4 is 10.6 Å². The minimum atomic E-state index is -0.535. The van der Waals surface area contributed by atoms with E-state index in [1.54, 1.807) is 7.11 Å². The van der Waals surface area contributed by atoms with E-state index in [1.165, 1.54) is 29.5 Å². The Kier molecular flexibility index (Phi) is 8.08. The fourth-order valence-corrected chi connectivity index (χ4v) is 3.15. The van der Waals surface area contributed by atoms with Crippen LogP contribution in [0.1, 0.15) is 41.6 Å². The van der Waals surface area contributed by atoms with Crippen molar-refractivity contribution in [3.8, 4) is 0 Å². The van der Waals surface area contributed by atoms with Gasteiger partial charge >= 0.3 is 0 Å². The zero-order chi connectivity index (χ0) is 19.6. The number of aromatic nitrogens is 2. The summed E-state index contributed by atoms with van der Waals surface area (Å²) in [7, 11) is 1.57. The van der Waals surface area contributed by atoms with E-state index < -0.39 is 10.8 Å². The highest BCUT2D eigenvalue weighted by Crippen LogP contribution is 2.24. The second kappa shape index (κ2) is 10.5. The fourth-order valence-electron chi connectivity index (χ4n) is 2.37. The van der Waals surface area contributed by atoms with E-state index in [1.807, 2.05) is 0 Å². The van der Waals surface area contributed by atoms with Gasteiger partial charge in [0.1, 0.15) is 5.01 Å². The molecule has 2 aromatic rings. The Labute approximate surface area is 161 Å². The molecule has 0 radical (unpaired) electrons. The lowest BCUT2D eigenvalue weighted by Crippen LogP contribution is -2.16. The van der Waals surface area contributed by atoms with E-state index >= 15 is 0 Å². The molecule has 0 saturated heterocycles. The summed E-state index contributed by atoms with van der Waals surface area (Å²) in [6, 6.07) is 4.11. The Bertz CT molecular complexity index is 780. The van der Waals surface area contributed by atoms with Crippen LogP contribution in [0.15, 0.2) is 18.2 Å². The van der Waals surface area contributed by atoms with Gasteiger partial charge in [-0.05, 0) is 12.5 Å². The highest BCUT2D eigenvalue weighted by Gasteiger charge is 2.18. The van der Waals surface area contributed by atoms with Gasteiger partial charge in [0.05, 0.1) is 17.1 Å². The van der Waals surface area contributed by atoms with Gasteiger partial charge in [-0.1, -0.05) is 31.1 Å².